The molecule has 4 unspecified atom stereocenters. The van der Waals surface area contributed by atoms with E-state index in [1.807, 2.05) is 17.9 Å². The van der Waals surface area contributed by atoms with Crippen molar-refractivity contribution >= 4 is 29.5 Å². The number of carbonyl (C=O) groups is 3. The molecule has 5 aliphatic heterocycles. The fourth-order valence-corrected chi connectivity index (χ4v) is 9.74. The summed E-state index contributed by atoms with van der Waals surface area (Å²) in [5.74, 6) is -0.291. The maximum Gasteiger partial charge on any atom is 0.329 e. The number of nitriles is 1. The van der Waals surface area contributed by atoms with Crippen LogP contribution in [0.25, 0.3) is 0 Å². The highest BCUT2D eigenvalue weighted by Crippen LogP contribution is 2.64. The Kier molecular flexibility index (Phi) is 7.17. The van der Waals surface area contributed by atoms with Crippen LogP contribution in [0, 0.1) is 25.2 Å². The fraction of sp³-hybridized carbons (Fsp3) is 0.500. The predicted octanol–water partition coefficient (Wildman–Crippen LogP) is 2.43. The summed E-state index contributed by atoms with van der Waals surface area (Å²) in [7, 11) is 1.47. The molecule has 2 fully saturated rings. The van der Waals surface area contributed by atoms with E-state index < -0.39 is 53.4 Å². The lowest BCUT2D eigenvalue weighted by Crippen LogP contribution is -2.70. The summed E-state index contributed by atoms with van der Waals surface area (Å²) in [4.78, 5) is 42.7. The first kappa shape index (κ1) is 30.3. The molecule has 13 nitrogen and oxygen atoms in total. The number of esters is 1. The third-order valence-corrected chi connectivity index (χ3v) is 11.3. The molecule has 2 aromatic rings. The SMILES string of the molecule is COc1c(C)cc2c(c1O)C1C3[C@@H]4SCC(NC(C)=O)C(=O)OC[C@@H](c5c6c(c(C)c(O)c54)OCO6)N3[C@@H](C#N)C(C2)N1C(C)=O. The first-order valence-electron chi connectivity index (χ1n) is 15.1. The first-order chi connectivity index (χ1) is 22.0. The highest BCUT2D eigenvalue weighted by molar-refractivity contribution is 7.99. The van der Waals surface area contributed by atoms with Gasteiger partial charge >= 0.3 is 5.97 Å². The Labute approximate surface area is 269 Å². The van der Waals surface area contributed by atoms with Crippen LogP contribution >= 0.6 is 11.8 Å². The predicted molar refractivity (Wildman–Crippen MR) is 163 cm³/mol. The number of methoxy groups -OCH3 is 1. The summed E-state index contributed by atoms with van der Waals surface area (Å²) >= 11 is 1.30. The van der Waals surface area contributed by atoms with Gasteiger partial charge in [-0.25, -0.2) is 4.79 Å². The summed E-state index contributed by atoms with van der Waals surface area (Å²) in [5, 5.41) is 36.5. The van der Waals surface area contributed by atoms with E-state index in [1.54, 1.807) is 11.8 Å². The number of nitrogens with one attached hydrogen (secondary N) is 1. The summed E-state index contributed by atoms with van der Waals surface area (Å²) < 4.78 is 23.3. The zero-order chi connectivity index (χ0) is 32.8. The van der Waals surface area contributed by atoms with E-state index >= 15 is 0 Å². The molecule has 5 aliphatic rings. The summed E-state index contributed by atoms with van der Waals surface area (Å²) in [6.45, 7) is 6.02. The number of piperazine rings is 1. The largest absolute Gasteiger partial charge is 0.507 e. The number of phenols is 2. The number of ether oxygens (including phenoxy) is 4. The molecule has 2 aromatic carbocycles. The molecule has 0 aromatic heterocycles. The Morgan fingerprint density at radius 1 is 1.11 bits per heavy atom. The van der Waals surface area contributed by atoms with Crippen molar-refractivity contribution in [2.24, 2.45) is 0 Å². The van der Waals surface area contributed by atoms with Crippen LogP contribution in [-0.2, 0) is 25.5 Å². The minimum absolute atomic E-state index is 0.0314. The van der Waals surface area contributed by atoms with Crippen molar-refractivity contribution in [2.45, 2.75) is 75.6 Å². The number of benzene rings is 2. The van der Waals surface area contributed by atoms with Crippen LogP contribution in [-0.4, -0.2) is 88.2 Å². The van der Waals surface area contributed by atoms with Crippen LogP contribution in [0.5, 0.6) is 28.7 Å². The molecule has 46 heavy (non-hydrogen) atoms. The van der Waals surface area contributed by atoms with E-state index in [2.05, 4.69) is 11.4 Å². The van der Waals surface area contributed by atoms with Gasteiger partial charge in [-0.3, -0.25) is 14.5 Å². The van der Waals surface area contributed by atoms with Gasteiger partial charge in [-0.15, -0.1) is 11.8 Å². The lowest BCUT2D eigenvalue weighted by atomic mass is 9.71. The second-order valence-corrected chi connectivity index (χ2v) is 13.5. The third kappa shape index (κ3) is 4.14. The molecule has 3 N–H and O–H groups in total. The minimum Gasteiger partial charge on any atom is -0.507 e. The van der Waals surface area contributed by atoms with Gasteiger partial charge in [-0.2, -0.15) is 5.26 Å². The van der Waals surface area contributed by atoms with E-state index in [-0.39, 0.29) is 42.3 Å². The second-order valence-electron chi connectivity index (χ2n) is 12.3. The normalized spacial score (nSPS) is 29.1. The molecule has 7 rings (SSSR count). The van der Waals surface area contributed by atoms with Crippen LogP contribution in [0.15, 0.2) is 6.07 Å². The number of aryl methyl sites for hydroxylation is 1. The summed E-state index contributed by atoms with van der Waals surface area (Å²) in [5.41, 5.74) is 3.57. The molecular weight excluding hydrogens is 616 g/mol. The number of fused-ring (bicyclic) bond motifs is 9. The molecule has 14 heteroatoms. The van der Waals surface area contributed by atoms with E-state index in [1.165, 1.54) is 32.7 Å². The number of aromatic hydroxyl groups is 2. The number of cyclic esters (lactones) is 1. The zero-order valence-electron chi connectivity index (χ0n) is 25.9. The van der Waals surface area contributed by atoms with Crippen molar-refractivity contribution < 1.29 is 43.5 Å². The Bertz CT molecular complexity index is 1740. The van der Waals surface area contributed by atoms with Gasteiger partial charge in [0.2, 0.25) is 18.6 Å². The average molecular weight is 651 g/mol. The quantitative estimate of drug-likeness (QED) is 0.406. The van der Waals surface area contributed by atoms with Crippen LogP contribution in [0.1, 0.15) is 64.6 Å². The molecule has 2 saturated heterocycles. The van der Waals surface area contributed by atoms with E-state index in [0.717, 1.165) is 11.1 Å². The maximum absolute atomic E-state index is 13.6. The number of hydrogen-bond acceptors (Lipinski definition) is 12. The standard InChI is InChI=1S/C32H34N4O9S/c1-12-6-16-7-18-19(8-33)36-20-9-43-32(41)17(34-14(3)37)10-46-31(23-22(20)30-29(44-11-45-30)13(2)26(23)39)25(36)24(35(18)15(4)38)21(16)27(40)28(12)42-5/h6,17-20,24-25,31,39-40H,7,9-11H2,1-5H3,(H,34,37)/t17?,18?,19-,20-,24?,25?,31+/m0/s1. The number of phenolic OH excluding ortho intramolecular Hbond substituents is 2. The minimum atomic E-state index is -0.988. The van der Waals surface area contributed by atoms with Gasteiger partial charge < -0.3 is 39.4 Å². The Balaban J connectivity index is 1.54. The van der Waals surface area contributed by atoms with Crippen molar-refractivity contribution in [1.29, 1.82) is 5.26 Å². The fourth-order valence-electron chi connectivity index (χ4n) is 8.23. The van der Waals surface area contributed by atoms with E-state index in [4.69, 9.17) is 18.9 Å². The molecule has 2 amide bonds. The van der Waals surface area contributed by atoms with E-state index in [0.29, 0.717) is 40.2 Å². The highest BCUT2D eigenvalue weighted by Gasteiger charge is 2.62. The summed E-state index contributed by atoms with van der Waals surface area (Å²) in [6, 6.07) is -0.345. The van der Waals surface area contributed by atoms with Crippen LogP contribution in [0.4, 0.5) is 0 Å². The van der Waals surface area contributed by atoms with Crippen molar-refractivity contribution in [1.82, 2.24) is 15.1 Å². The zero-order valence-corrected chi connectivity index (χ0v) is 26.8. The molecule has 5 heterocycles. The number of rotatable bonds is 2. The Morgan fingerprint density at radius 2 is 1.85 bits per heavy atom. The summed E-state index contributed by atoms with van der Waals surface area (Å²) in [6.07, 6.45) is 0.296. The molecule has 0 radical (unpaired) electrons. The van der Waals surface area contributed by atoms with Gasteiger partial charge in [-0.1, -0.05) is 6.07 Å². The second kappa shape index (κ2) is 10.9. The molecule has 0 aliphatic carbocycles. The molecule has 0 saturated carbocycles. The highest BCUT2D eigenvalue weighted by atomic mass is 32.2. The average Bonchev–Trinajstić information content (AvgIpc) is 3.50. The van der Waals surface area contributed by atoms with Gasteiger partial charge in [0.1, 0.15) is 24.4 Å². The maximum atomic E-state index is 13.6. The lowest BCUT2D eigenvalue weighted by Gasteiger charge is -2.62. The third-order valence-electron chi connectivity index (χ3n) is 9.87. The molecular formula is C32H34N4O9S. The van der Waals surface area contributed by atoms with Crippen LogP contribution in [0.3, 0.4) is 0 Å². The lowest BCUT2D eigenvalue weighted by molar-refractivity contribution is -0.157. The number of nitrogens with zero attached hydrogens (tertiary/aromatic N) is 3. The van der Waals surface area contributed by atoms with Crippen molar-refractivity contribution in [3.05, 3.63) is 39.4 Å². The number of hydrogen-bond donors (Lipinski definition) is 3. The van der Waals surface area contributed by atoms with Crippen LogP contribution < -0.4 is 19.5 Å². The molecule has 4 bridgehead atoms. The van der Waals surface area contributed by atoms with Crippen LogP contribution in [0.2, 0.25) is 0 Å². The van der Waals surface area contributed by atoms with Gasteiger partial charge in [0.15, 0.2) is 23.0 Å². The van der Waals surface area contributed by atoms with E-state index in [9.17, 15) is 29.9 Å². The topological polar surface area (TPSA) is 171 Å². The van der Waals surface area contributed by atoms with Crippen molar-refractivity contribution in [3.8, 4) is 34.8 Å². The van der Waals surface area contributed by atoms with Crippen molar-refractivity contribution in [2.75, 3.05) is 26.3 Å². The van der Waals surface area contributed by atoms with Gasteiger partial charge in [0.25, 0.3) is 0 Å². The number of thioether (sulfide) groups is 1. The van der Waals surface area contributed by atoms with Gasteiger partial charge in [-0.05, 0) is 31.4 Å². The first-order valence-corrected chi connectivity index (χ1v) is 16.1. The monoisotopic (exact) mass is 650 g/mol. The Hall–Kier alpha value is -4.35. The smallest absolute Gasteiger partial charge is 0.329 e. The molecule has 242 valence electrons. The Morgan fingerprint density at radius 3 is 2.52 bits per heavy atom. The number of amides is 2. The molecule has 7 atom stereocenters. The molecule has 0 spiro atoms. The van der Waals surface area contributed by atoms with Crippen molar-refractivity contribution in [3.63, 3.8) is 0 Å². The number of carbonyl (C=O) groups excluding carboxylic acids is 3. The van der Waals surface area contributed by atoms with Gasteiger partial charge in [0.05, 0.1) is 42.6 Å². The van der Waals surface area contributed by atoms with Gasteiger partial charge in [0, 0.05) is 41.9 Å².